The van der Waals surface area contributed by atoms with Crippen molar-refractivity contribution in [3.63, 3.8) is 0 Å². The zero-order valence-electron chi connectivity index (χ0n) is 15.5. The molecule has 1 N–H and O–H groups in total. The maximum absolute atomic E-state index is 6.25. The molecule has 3 aromatic rings. The average Bonchev–Trinajstić information content (AvgIpc) is 3.15. The fraction of sp³-hybridized carbons (Fsp3) is 0.300. The van der Waals surface area contributed by atoms with Gasteiger partial charge in [-0.3, -0.25) is 0 Å². The molecule has 1 unspecified atom stereocenters. The van der Waals surface area contributed by atoms with Gasteiger partial charge in [0.05, 0.1) is 25.3 Å². The van der Waals surface area contributed by atoms with E-state index in [4.69, 9.17) is 25.6 Å². The highest BCUT2D eigenvalue weighted by Crippen LogP contribution is 2.36. The van der Waals surface area contributed by atoms with Gasteiger partial charge in [0.25, 0.3) is 0 Å². The van der Waals surface area contributed by atoms with Crippen LogP contribution in [0.5, 0.6) is 11.5 Å². The summed E-state index contributed by atoms with van der Waals surface area (Å²) in [6.45, 7) is 2.54. The summed E-state index contributed by atoms with van der Waals surface area (Å²) < 4.78 is 16.0. The Morgan fingerprint density at radius 3 is 2.59 bits per heavy atom. The van der Waals surface area contributed by atoms with Crippen LogP contribution in [0.15, 0.2) is 47.0 Å². The van der Waals surface area contributed by atoms with Crippen molar-refractivity contribution in [2.24, 2.45) is 0 Å². The van der Waals surface area contributed by atoms with Crippen molar-refractivity contribution in [2.75, 3.05) is 14.2 Å². The first-order valence-electron chi connectivity index (χ1n) is 8.61. The van der Waals surface area contributed by atoms with Gasteiger partial charge in [-0.2, -0.15) is 4.98 Å². The smallest absolute Gasteiger partial charge is 0.243 e. The van der Waals surface area contributed by atoms with Crippen LogP contribution in [0.25, 0.3) is 0 Å². The lowest BCUT2D eigenvalue weighted by atomic mass is 10.1. The number of hydrogen-bond donors (Lipinski definition) is 1. The van der Waals surface area contributed by atoms with Gasteiger partial charge in [0.15, 0.2) is 17.3 Å². The molecule has 0 fully saturated rings. The molecule has 27 heavy (non-hydrogen) atoms. The minimum absolute atomic E-state index is 0.103. The van der Waals surface area contributed by atoms with Crippen molar-refractivity contribution >= 4 is 11.6 Å². The fourth-order valence-corrected chi connectivity index (χ4v) is 3.04. The number of halogens is 1. The normalized spacial score (nSPS) is 12.0. The Hall–Kier alpha value is -2.57. The molecular weight excluding hydrogens is 366 g/mol. The molecule has 0 aliphatic heterocycles. The maximum Gasteiger partial charge on any atom is 0.243 e. The molecule has 0 saturated carbocycles. The third-order valence-corrected chi connectivity index (χ3v) is 4.45. The zero-order chi connectivity index (χ0) is 19.2. The highest BCUT2D eigenvalue weighted by molar-refractivity contribution is 6.32. The first-order chi connectivity index (χ1) is 13.1. The molecule has 0 bridgehead atoms. The van der Waals surface area contributed by atoms with E-state index in [1.54, 1.807) is 14.2 Å². The van der Waals surface area contributed by atoms with Crippen molar-refractivity contribution in [1.29, 1.82) is 0 Å². The van der Waals surface area contributed by atoms with Gasteiger partial charge in [-0.05, 0) is 30.2 Å². The van der Waals surface area contributed by atoms with Gasteiger partial charge in [-0.15, -0.1) is 0 Å². The van der Waals surface area contributed by atoms with E-state index in [1.807, 2.05) is 49.4 Å². The number of aromatic nitrogens is 2. The summed E-state index contributed by atoms with van der Waals surface area (Å²) in [5.74, 6) is 2.34. The van der Waals surface area contributed by atoms with Crippen molar-refractivity contribution in [3.05, 3.63) is 70.3 Å². The third kappa shape index (κ3) is 4.78. The molecule has 2 aromatic carbocycles. The molecule has 0 amide bonds. The molecule has 1 atom stereocenters. The molecule has 1 heterocycles. The number of ether oxygens (including phenoxy) is 2. The molecule has 0 spiro atoms. The third-order valence-electron chi connectivity index (χ3n) is 4.17. The Morgan fingerprint density at radius 1 is 1.11 bits per heavy atom. The van der Waals surface area contributed by atoms with Gasteiger partial charge >= 0.3 is 0 Å². The Balaban J connectivity index is 1.63. The van der Waals surface area contributed by atoms with Crippen LogP contribution in [-0.4, -0.2) is 24.4 Å². The van der Waals surface area contributed by atoms with Crippen molar-refractivity contribution < 1.29 is 14.0 Å². The number of nitrogens with one attached hydrogen (secondary N) is 1. The Morgan fingerprint density at radius 2 is 1.89 bits per heavy atom. The maximum atomic E-state index is 6.25. The van der Waals surface area contributed by atoms with E-state index >= 15 is 0 Å². The van der Waals surface area contributed by atoms with Crippen LogP contribution in [0.1, 0.15) is 35.8 Å². The number of benzene rings is 2. The topological polar surface area (TPSA) is 69.4 Å². The Bertz CT molecular complexity index is 883. The van der Waals surface area contributed by atoms with Gasteiger partial charge in [-0.1, -0.05) is 47.1 Å². The van der Waals surface area contributed by atoms with E-state index in [9.17, 15) is 0 Å². The predicted octanol–water partition coefficient (Wildman–Crippen LogP) is 4.18. The van der Waals surface area contributed by atoms with Crippen LogP contribution in [-0.2, 0) is 13.0 Å². The average molecular weight is 388 g/mol. The molecule has 1 aromatic heterocycles. The summed E-state index contributed by atoms with van der Waals surface area (Å²) in [5.41, 5.74) is 2.11. The second kappa shape index (κ2) is 8.88. The van der Waals surface area contributed by atoms with E-state index < -0.39 is 0 Å². The van der Waals surface area contributed by atoms with E-state index in [1.165, 1.54) is 0 Å². The Labute approximate surface area is 163 Å². The molecule has 142 valence electrons. The monoisotopic (exact) mass is 387 g/mol. The molecule has 0 aliphatic rings. The number of hydrogen-bond acceptors (Lipinski definition) is 6. The van der Waals surface area contributed by atoms with Gasteiger partial charge < -0.3 is 19.3 Å². The lowest BCUT2D eigenvalue weighted by molar-refractivity contribution is 0.335. The summed E-state index contributed by atoms with van der Waals surface area (Å²) in [6.07, 6.45) is 0.641. The minimum atomic E-state index is -0.103. The molecule has 0 radical (unpaired) electrons. The second-order valence-electron chi connectivity index (χ2n) is 6.13. The van der Waals surface area contributed by atoms with E-state index in [0.717, 1.165) is 11.1 Å². The number of methoxy groups -OCH3 is 2. The van der Waals surface area contributed by atoms with Crippen molar-refractivity contribution in [1.82, 2.24) is 15.5 Å². The van der Waals surface area contributed by atoms with Crippen LogP contribution < -0.4 is 14.8 Å². The van der Waals surface area contributed by atoms with E-state index in [2.05, 4.69) is 15.5 Å². The molecule has 0 saturated heterocycles. The zero-order valence-corrected chi connectivity index (χ0v) is 16.3. The minimum Gasteiger partial charge on any atom is -0.493 e. The van der Waals surface area contributed by atoms with Crippen molar-refractivity contribution in [2.45, 2.75) is 25.9 Å². The first-order valence-corrected chi connectivity index (χ1v) is 8.98. The summed E-state index contributed by atoms with van der Waals surface area (Å²) in [6, 6.07) is 13.7. The highest BCUT2D eigenvalue weighted by Gasteiger charge is 2.16. The summed E-state index contributed by atoms with van der Waals surface area (Å²) in [7, 11) is 3.15. The lowest BCUT2D eigenvalue weighted by Gasteiger charge is -2.13. The molecule has 7 heteroatoms. The molecule has 3 rings (SSSR count). The SMILES string of the molecule is COc1cc(CNC(C)c2nc(Cc3ccccc3)no2)cc(Cl)c1OC. The second-order valence-corrected chi connectivity index (χ2v) is 6.53. The molecule has 6 nitrogen and oxygen atoms in total. The standard InChI is InChI=1S/C20H22ClN3O3/c1-13(20-23-18(24-27-20)11-14-7-5-4-6-8-14)22-12-15-9-16(21)19(26-3)17(10-15)25-2/h4-10,13,22H,11-12H2,1-3H3. The van der Waals surface area contributed by atoms with E-state index in [-0.39, 0.29) is 6.04 Å². The van der Waals surface area contributed by atoms with Crippen LogP contribution in [0.4, 0.5) is 0 Å². The number of rotatable bonds is 8. The lowest BCUT2D eigenvalue weighted by Crippen LogP contribution is -2.18. The largest absolute Gasteiger partial charge is 0.493 e. The Kier molecular flexibility index (Phi) is 6.32. The summed E-state index contributed by atoms with van der Waals surface area (Å²) in [4.78, 5) is 4.49. The predicted molar refractivity (Wildman–Crippen MR) is 103 cm³/mol. The van der Waals surface area contributed by atoms with Gasteiger partial charge in [0.1, 0.15) is 0 Å². The van der Waals surface area contributed by atoms with Crippen LogP contribution in [0, 0.1) is 0 Å². The summed E-state index contributed by atoms with van der Waals surface area (Å²) in [5, 5.41) is 7.93. The molecular formula is C20H22ClN3O3. The number of nitrogens with zero attached hydrogens (tertiary/aromatic N) is 2. The van der Waals surface area contributed by atoms with Crippen LogP contribution >= 0.6 is 11.6 Å². The van der Waals surface area contributed by atoms with Gasteiger partial charge in [-0.25, -0.2) is 0 Å². The highest BCUT2D eigenvalue weighted by atomic mass is 35.5. The van der Waals surface area contributed by atoms with E-state index in [0.29, 0.717) is 41.2 Å². The van der Waals surface area contributed by atoms with Gasteiger partial charge in [0.2, 0.25) is 5.89 Å². The van der Waals surface area contributed by atoms with Gasteiger partial charge in [0, 0.05) is 13.0 Å². The van der Waals surface area contributed by atoms with Crippen LogP contribution in [0.3, 0.4) is 0 Å². The summed E-state index contributed by atoms with van der Waals surface area (Å²) >= 11 is 6.25. The molecule has 0 aliphatic carbocycles. The van der Waals surface area contributed by atoms with Crippen molar-refractivity contribution in [3.8, 4) is 11.5 Å². The van der Waals surface area contributed by atoms with Crippen LogP contribution in [0.2, 0.25) is 5.02 Å². The fourth-order valence-electron chi connectivity index (χ4n) is 2.73. The first kappa shape index (κ1) is 19.2. The quantitative estimate of drug-likeness (QED) is 0.625.